The third-order valence-electron chi connectivity index (χ3n) is 6.55. The van der Waals surface area contributed by atoms with Crippen molar-refractivity contribution in [3.05, 3.63) is 69.7 Å². The minimum Gasteiger partial charge on any atom is -0.466 e. The van der Waals surface area contributed by atoms with Crippen LogP contribution in [0.2, 0.25) is 10.0 Å². The van der Waals surface area contributed by atoms with E-state index in [2.05, 4.69) is 4.90 Å². The molecular formula is C29H38Cl2N2O4. The zero-order valence-electron chi connectivity index (χ0n) is 21.7. The van der Waals surface area contributed by atoms with Crippen LogP contribution in [0.4, 0.5) is 0 Å². The number of nitrogens with zero attached hydrogens (tertiary/aromatic N) is 2. The standard InChI is InChI=1S/C29H38Cl2N2O4/c1-2-36-28(35)8-5-3-4-7-27(34)33-20-18-32(19-21-33)17-6-22-37-29(23-9-13-25(30)14-10-23)24-11-15-26(31)16-12-24/h9-16,29H,2-8,17-22H2,1H3. The molecule has 0 atom stereocenters. The van der Waals surface area contributed by atoms with Crippen molar-refractivity contribution >= 4 is 35.1 Å². The summed E-state index contributed by atoms with van der Waals surface area (Å²) in [5.41, 5.74) is 2.11. The van der Waals surface area contributed by atoms with E-state index in [-0.39, 0.29) is 18.0 Å². The number of benzene rings is 2. The number of ether oxygens (including phenoxy) is 2. The molecule has 2 aromatic rings. The fourth-order valence-corrected chi connectivity index (χ4v) is 4.74. The molecule has 0 spiro atoms. The van der Waals surface area contributed by atoms with E-state index in [0.29, 0.717) is 36.1 Å². The first-order valence-corrected chi connectivity index (χ1v) is 14.0. The Kier molecular flexibility index (Phi) is 12.7. The van der Waals surface area contributed by atoms with Crippen molar-refractivity contribution in [2.24, 2.45) is 0 Å². The van der Waals surface area contributed by atoms with Gasteiger partial charge < -0.3 is 14.4 Å². The molecule has 0 radical (unpaired) electrons. The summed E-state index contributed by atoms with van der Waals surface area (Å²) >= 11 is 12.2. The topological polar surface area (TPSA) is 59.1 Å². The normalized spacial score (nSPS) is 14.2. The van der Waals surface area contributed by atoms with E-state index < -0.39 is 0 Å². The molecule has 202 valence electrons. The summed E-state index contributed by atoms with van der Waals surface area (Å²) in [6.07, 6.45) is 4.18. The van der Waals surface area contributed by atoms with Crippen LogP contribution >= 0.6 is 23.2 Å². The Hall–Kier alpha value is -2.12. The molecule has 0 N–H and O–H groups in total. The van der Waals surface area contributed by atoms with E-state index in [1.54, 1.807) is 0 Å². The van der Waals surface area contributed by atoms with Crippen molar-refractivity contribution in [3.8, 4) is 0 Å². The predicted octanol–water partition coefficient (Wildman–Crippen LogP) is 6.15. The Bertz CT molecular complexity index is 915. The van der Waals surface area contributed by atoms with Crippen molar-refractivity contribution < 1.29 is 19.1 Å². The van der Waals surface area contributed by atoms with Crippen LogP contribution in [0.15, 0.2) is 48.5 Å². The zero-order valence-corrected chi connectivity index (χ0v) is 23.2. The number of amides is 1. The maximum absolute atomic E-state index is 12.5. The molecule has 1 saturated heterocycles. The summed E-state index contributed by atoms with van der Waals surface area (Å²) in [7, 11) is 0. The van der Waals surface area contributed by atoms with Gasteiger partial charge in [0.2, 0.25) is 5.91 Å². The number of piperazine rings is 1. The SMILES string of the molecule is CCOC(=O)CCCCCC(=O)N1CCN(CCCOC(c2ccc(Cl)cc2)c2ccc(Cl)cc2)CC1. The Labute approximate surface area is 230 Å². The average Bonchev–Trinajstić information content (AvgIpc) is 2.90. The fourth-order valence-electron chi connectivity index (χ4n) is 4.48. The van der Waals surface area contributed by atoms with Gasteiger partial charge in [-0.05, 0) is 61.6 Å². The number of carbonyl (C=O) groups excluding carboxylic acids is 2. The third-order valence-corrected chi connectivity index (χ3v) is 7.05. The van der Waals surface area contributed by atoms with Crippen LogP contribution in [0.3, 0.4) is 0 Å². The third kappa shape index (κ3) is 10.3. The van der Waals surface area contributed by atoms with Crippen LogP contribution in [0, 0.1) is 0 Å². The summed E-state index contributed by atoms with van der Waals surface area (Å²) in [5.74, 6) is 0.0636. The first kappa shape index (κ1) is 29.4. The van der Waals surface area contributed by atoms with Crippen LogP contribution in [-0.2, 0) is 19.1 Å². The minimum absolute atomic E-state index is 0.152. The van der Waals surface area contributed by atoms with E-state index in [1.807, 2.05) is 60.4 Å². The second-order valence-electron chi connectivity index (χ2n) is 9.30. The summed E-state index contributed by atoms with van der Waals surface area (Å²) < 4.78 is 11.3. The molecule has 3 rings (SSSR count). The Balaban J connectivity index is 1.35. The highest BCUT2D eigenvalue weighted by Gasteiger charge is 2.21. The summed E-state index contributed by atoms with van der Waals surface area (Å²) in [5, 5.41) is 1.40. The number of carbonyl (C=O) groups is 2. The number of unbranched alkanes of at least 4 members (excludes halogenated alkanes) is 2. The number of esters is 1. The zero-order chi connectivity index (χ0) is 26.5. The highest BCUT2D eigenvalue weighted by atomic mass is 35.5. The lowest BCUT2D eigenvalue weighted by Gasteiger charge is -2.35. The van der Waals surface area contributed by atoms with E-state index in [0.717, 1.165) is 69.5 Å². The van der Waals surface area contributed by atoms with Crippen molar-refractivity contribution in [2.75, 3.05) is 45.9 Å². The lowest BCUT2D eigenvalue weighted by Crippen LogP contribution is -2.48. The number of hydrogen-bond acceptors (Lipinski definition) is 5. The molecule has 1 amide bonds. The molecule has 0 bridgehead atoms. The lowest BCUT2D eigenvalue weighted by molar-refractivity contribution is -0.143. The first-order chi connectivity index (χ1) is 18.0. The van der Waals surface area contributed by atoms with Crippen LogP contribution in [0.5, 0.6) is 0 Å². The van der Waals surface area contributed by atoms with Gasteiger partial charge in [0, 0.05) is 62.2 Å². The van der Waals surface area contributed by atoms with Crippen molar-refractivity contribution in [3.63, 3.8) is 0 Å². The van der Waals surface area contributed by atoms with Gasteiger partial charge in [-0.15, -0.1) is 0 Å². The summed E-state index contributed by atoms with van der Waals surface area (Å²) in [4.78, 5) is 28.3. The molecule has 1 aliphatic rings. The molecular weight excluding hydrogens is 511 g/mol. The number of rotatable bonds is 14. The average molecular weight is 550 g/mol. The van der Waals surface area contributed by atoms with E-state index >= 15 is 0 Å². The molecule has 0 unspecified atom stereocenters. The maximum atomic E-state index is 12.5. The van der Waals surface area contributed by atoms with E-state index in [9.17, 15) is 9.59 Å². The van der Waals surface area contributed by atoms with Gasteiger partial charge in [-0.3, -0.25) is 14.5 Å². The largest absolute Gasteiger partial charge is 0.466 e. The second kappa shape index (κ2) is 16.0. The molecule has 8 heteroatoms. The molecule has 1 heterocycles. The van der Waals surface area contributed by atoms with Gasteiger partial charge in [0.15, 0.2) is 0 Å². The molecule has 1 fully saturated rings. The van der Waals surface area contributed by atoms with Gasteiger partial charge in [0.05, 0.1) is 6.61 Å². The Morgan fingerprint density at radius 3 is 1.95 bits per heavy atom. The smallest absolute Gasteiger partial charge is 0.305 e. The quantitative estimate of drug-likeness (QED) is 0.209. The molecule has 37 heavy (non-hydrogen) atoms. The minimum atomic E-state index is -0.179. The van der Waals surface area contributed by atoms with Crippen molar-refractivity contribution in [2.45, 2.75) is 51.6 Å². The number of hydrogen-bond donors (Lipinski definition) is 0. The molecule has 0 saturated carbocycles. The van der Waals surface area contributed by atoms with Crippen molar-refractivity contribution in [1.29, 1.82) is 0 Å². The maximum Gasteiger partial charge on any atom is 0.305 e. The summed E-state index contributed by atoms with van der Waals surface area (Å²) in [6, 6.07) is 15.5. The lowest BCUT2D eigenvalue weighted by atomic mass is 10.0. The van der Waals surface area contributed by atoms with Gasteiger partial charge in [-0.1, -0.05) is 53.9 Å². The molecule has 0 aromatic heterocycles. The fraction of sp³-hybridized carbons (Fsp3) is 0.517. The van der Waals surface area contributed by atoms with Crippen molar-refractivity contribution in [1.82, 2.24) is 9.80 Å². The van der Waals surface area contributed by atoms with Crippen LogP contribution in [0.1, 0.15) is 62.7 Å². The van der Waals surface area contributed by atoms with Gasteiger partial charge >= 0.3 is 5.97 Å². The van der Waals surface area contributed by atoms with Crippen LogP contribution in [-0.4, -0.2) is 67.6 Å². The Morgan fingerprint density at radius 2 is 1.38 bits per heavy atom. The van der Waals surface area contributed by atoms with Crippen LogP contribution < -0.4 is 0 Å². The highest BCUT2D eigenvalue weighted by molar-refractivity contribution is 6.30. The number of halogens is 2. The second-order valence-corrected chi connectivity index (χ2v) is 10.2. The monoisotopic (exact) mass is 548 g/mol. The van der Waals surface area contributed by atoms with E-state index in [4.69, 9.17) is 32.7 Å². The van der Waals surface area contributed by atoms with E-state index in [1.165, 1.54) is 0 Å². The van der Waals surface area contributed by atoms with Gasteiger partial charge in [0.25, 0.3) is 0 Å². The van der Waals surface area contributed by atoms with Gasteiger partial charge in [-0.25, -0.2) is 0 Å². The molecule has 1 aliphatic heterocycles. The predicted molar refractivity (Wildman–Crippen MR) is 148 cm³/mol. The molecule has 0 aliphatic carbocycles. The molecule has 2 aromatic carbocycles. The van der Waals surface area contributed by atoms with Crippen LogP contribution in [0.25, 0.3) is 0 Å². The highest BCUT2D eigenvalue weighted by Crippen LogP contribution is 2.28. The first-order valence-electron chi connectivity index (χ1n) is 13.2. The molecule has 6 nitrogen and oxygen atoms in total. The van der Waals surface area contributed by atoms with Gasteiger partial charge in [-0.2, -0.15) is 0 Å². The Morgan fingerprint density at radius 1 is 0.811 bits per heavy atom. The van der Waals surface area contributed by atoms with Gasteiger partial charge in [0.1, 0.15) is 6.10 Å². The summed E-state index contributed by atoms with van der Waals surface area (Å²) in [6.45, 7) is 7.08.